The van der Waals surface area contributed by atoms with Crippen molar-refractivity contribution in [2.24, 2.45) is 5.73 Å². The van der Waals surface area contributed by atoms with Gasteiger partial charge in [-0.05, 0) is 53.4 Å². The summed E-state index contributed by atoms with van der Waals surface area (Å²) in [4.78, 5) is 19.5. The van der Waals surface area contributed by atoms with Crippen LogP contribution < -0.4 is 16.0 Å². The van der Waals surface area contributed by atoms with Gasteiger partial charge in [0.15, 0.2) is 0 Å². The molecule has 0 atom stereocenters. The number of nitrogens with two attached hydrogens (primary N) is 1. The van der Waals surface area contributed by atoms with Crippen molar-refractivity contribution in [3.8, 4) is 5.75 Å². The van der Waals surface area contributed by atoms with Gasteiger partial charge >= 0.3 is 0 Å². The molecule has 3 aromatic carbocycles. The third kappa shape index (κ3) is 7.60. The van der Waals surface area contributed by atoms with Crippen molar-refractivity contribution < 1.29 is 9.90 Å². The van der Waals surface area contributed by atoms with E-state index in [1.807, 2.05) is 64.2 Å². The van der Waals surface area contributed by atoms with E-state index in [0.717, 1.165) is 22.6 Å². The molecule has 0 unspecified atom stereocenters. The van der Waals surface area contributed by atoms with Gasteiger partial charge in [-0.15, -0.1) is 12.4 Å². The van der Waals surface area contributed by atoms with Crippen molar-refractivity contribution in [2.75, 3.05) is 16.8 Å². The molecular weight excluding hydrogens is 500 g/mol. The molecule has 38 heavy (non-hydrogen) atoms. The number of phenolic OH excluding ortho intramolecular Hbond substituents is 1. The van der Waals surface area contributed by atoms with E-state index in [1.165, 1.54) is 5.56 Å². The number of amides is 1. The topological polar surface area (TPSA) is 120 Å². The Hall–Kier alpha value is -4.30. The second-order valence-corrected chi connectivity index (χ2v) is 9.35. The van der Waals surface area contributed by atoms with Crippen LogP contribution in [0.5, 0.6) is 5.75 Å². The molecule has 0 fully saturated rings. The lowest BCUT2D eigenvalue weighted by atomic mass is 10.0. The predicted molar refractivity (Wildman–Crippen MR) is 154 cm³/mol. The Morgan fingerprint density at radius 2 is 1.82 bits per heavy atom. The number of phenols is 1. The Kier molecular flexibility index (Phi) is 9.51. The number of anilines is 2. The highest BCUT2D eigenvalue weighted by molar-refractivity contribution is 5.97. The van der Waals surface area contributed by atoms with Gasteiger partial charge in [0.2, 0.25) is 5.91 Å². The molecule has 0 bridgehead atoms. The number of nitrogens with zero attached hydrogens (tertiary/aromatic N) is 3. The molecule has 0 saturated heterocycles. The average Bonchev–Trinajstić information content (AvgIpc) is 3.32. The van der Waals surface area contributed by atoms with E-state index >= 15 is 0 Å². The summed E-state index contributed by atoms with van der Waals surface area (Å²) in [5.41, 5.74) is 10.9. The van der Waals surface area contributed by atoms with E-state index in [4.69, 9.17) is 11.1 Å². The zero-order valence-corrected chi connectivity index (χ0v) is 22.3. The second kappa shape index (κ2) is 12.8. The molecule has 4 aromatic rings. The van der Waals surface area contributed by atoms with Gasteiger partial charge in [0.1, 0.15) is 11.6 Å². The molecule has 0 aliphatic heterocycles. The molecule has 5 N–H and O–H groups in total. The Balaban J connectivity index is 0.00000400. The Labute approximate surface area is 229 Å². The molecule has 0 aliphatic carbocycles. The third-order valence-electron chi connectivity index (χ3n) is 6.06. The van der Waals surface area contributed by atoms with Crippen molar-refractivity contribution in [3.63, 3.8) is 0 Å². The van der Waals surface area contributed by atoms with Crippen LogP contribution in [0.3, 0.4) is 0 Å². The number of imidazole rings is 1. The minimum absolute atomic E-state index is 0. The van der Waals surface area contributed by atoms with Gasteiger partial charge in [-0.2, -0.15) is 0 Å². The van der Waals surface area contributed by atoms with Crippen LogP contribution in [0.1, 0.15) is 42.1 Å². The number of nitrogens with one attached hydrogen (secondary N) is 2. The van der Waals surface area contributed by atoms with E-state index in [1.54, 1.807) is 30.6 Å². The summed E-state index contributed by atoms with van der Waals surface area (Å²) < 4.78 is 1.96. The van der Waals surface area contributed by atoms with Gasteiger partial charge in [0.05, 0.1) is 25.1 Å². The van der Waals surface area contributed by atoms with E-state index in [0.29, 0.717) is 24.6 Å². The molecule has 0 spiro atoms. The van der Waals surface area contributed by atoms with Gasteiger partial charge in [0, 0.05) is 29.7 Å². The van der Waals surface area contributed by atoms with Gasteiger partial charge in [0.25, 0.3) is 0 Å². The summed E-state index contributed by atoms with van der Waals surface area (Å²) in [6.07, 6.45) is 3.69. The van der Waals surface area contributed by atoms with Gasteiger partial charge in [-0.3, -0.25) is 10.2 Å². The molecule has 0 aliphatic rings. The number of hydrogen-bond acceptors (Lipinski definition) is 5. The first-order chi connectivity index (χ1) is 17.8. The summed E-state index contributed by atoms with van der Waals surface area (Å²) in [6.45, 7) is 5.36. The lowest BCUT2D eigenvalue weighted by Crippen LogP contribution is -2.33. The first-order valence-corrected chi connectivity index (χ1v) is 12.1. The van der Waals surface area contributed by atoms with Gasteiger partial charge in [-0.1, -0.05) is 50.2 Å². The number of aromatic hydroxyl groups is 1. The minimum atomic E-state index is -0.158. The van der Waals surface area contributed by atoms with E-state index in [2.05, 4.69) is 24.1 Å². The molecule has 4 rings (SSSR count). The number of carbonyl (C=O) groups excluding carboxylic acids is 1. The number of carbonyl (C=O) groups is 1. The van der Waals surface area contributed by atoms with Crippen molar-refractivity contribution >= 4 is 35.5 Å². The average molecular weight is 533 g/mol. The van der Waals surface area contributed by atoms with E-state index in [9.17, 15) is 9.90 Å². The smallest absolute Gasteiger partial charge is 0.243 e. The zero-order valence-electron chi connectivity index (χ0n) is 21.5. The number of aromatic nitrogens is 2. The van der Waals surface area contributed by atoms with E-state index < -0.39 is 0 Å². The highest BCUT2D eigenvalue weighted by atomic mass is 35.5. The number of rotatable bonds is 10. The van der Waals surface area contributed by atoms with Gasteiger partial charge in [-0.25, -0.2) is 4.98 Å². The second-order valence-electron chi connectivity index (χ2n) is 9.35. The first kappa shape index (κ1) is 28.3. The minimum Gasteiger partial charge on any atom is -0.508 e. The van der Waals surface area contributed by atoms with Crippen LogP contribution in [0, 0.1) is 5.41 Å². The van der Waals surface area contributed by atoms with Crippen LogP contribution >= 0.6 is 12.4 Å². The predicted octanol–water partition coefficient (Wildman–Crippen LogP) is 5.11. The summed E-state index contributed by atoms with van der Waals surface area (Å²) in [6, 6.07) is 22.2. The maximum Gasteiger partial charge on any atom is 0.243 e. The van der Waals surface area contributed by atoms with Crippen molar-refractivity contribution in [1.29, 1.82) is 5.41 Å². The number of benzene rings is 3. The van der Waals surface area contributed by atoms with Crippen LogP contribution in [-0.4, -0.2) is 32.9 Å². The lowest BCUT2D eigenvalue weighted by Gasteiger charge is -2.24. The fourth-order valence-corrected chi connectivity index (χ4v) is 4.02. The largest absolute Gasteiger partial charge is 0.508 e. The molecule has 1 heterocycles. The first-order valence-electron chi connectivity index (χ1n) is 12.1. The third-order valence-corrected chi connectivity index (χ3v) is 6.06. The molecule has 9 heteroatoms. The lowest BCUT2D eigenvalue weighted by molar-refractivity contribution is -0.115. The van der Waals surface area contributed by atoms with Crippen LogP contribution in [0.15, 0.2) is 85.3 Å². The molecule has 1 amide bonds. The highest BCUT2D eigenvalue weighted by Gasteiger charge is 2.15. The maximum absolute atomic E-state index is 13.0. The SMILES string of the molecule is CC(C)c1ccc(NC(=O)CN(Cc2cn(Cc3ccc(O)cc3)cn2)c2cccc(C(=N)N)c2)cc1.Cl. The number of amidine groups is 1. The van der Waals surface area contributed by atoms with Crippen molar-refractivity contribution in [2.45, 2.75) is 32.9 Å². The van der Waals surface area contributed by atoms with Crippen molar-refractivity contribution in [1.82, 2.24) is 9.55 Å². The standard InChI is InChI=1S/C29H32N6O2.ClH/c1-20(2)22-8-10-24(11-9-22)33-28(37)18-35(26-5-3-4-23(14-26)29(30)31)17-25-16-34(19-32-25)15-21-6-12-27(36)13-7-21;/h3-14,16,19-20,36H,15,17-18H2,1-2H3,(H3,30,31)(H,33,37);1H. The normalized spacial score (nSPS) is 10.6. The van der Waals surface area contributed by atoms with Crippen LogP contribution in [0.4, 0.5) is 11.4 Å². The summed E-state index contributed by atoms with van der Waals surface area (Å²) in [5.74, 6) is 0.457. The zero-order chi connectivity index (χ0) is 26.4. The fraction of sp³-hybridized carbons (Fsp3) is 0.207. The Morgan fingerprint density at radius 3 is 2.47 bits per heavy atom. The summed E-state index contributed by atoms with van der Waals surface area (Å²) in [5, 5.41) is 20.3. The Bertz CT molecular complexity index is 1370. The molecule has 8 nitrogen and oxygen atoms in total. The van der Waals surface area contributed by atoms with Crippen LogP contribution in [0.2, 0.25) is 0 Å². The van der Waals surface area contributed by atoms with E-state index in [-0.39, 0.29) is 36.4 Å². The molecule has 0 saturated carbocycles. The highest BCUT2D eigenvalue weighted by Crippen LogP contribution is 2.21. The molecule has 198 valence electrons. The maximum atomic E-state index is 13.0. The van der Waals surface area contributed by atoms with Crippen LogP contribution in [0.25, 0.3) is 0 Å². The Morgan fingerprint density at radius 1 is 1.11 bits per heavy atom. The molecule has 0 radical (unpaired) electrons. The number of hydrogen-bond donors (Lipinski definition) is 4. The summed E-state index contributed by atoms with van der Waals surface area (Å²) >= 11 is 0. The molecule has 1 aromatic heterocycles. The fourth-order valence-electron chi connectivity index (χ4n) is 4.02. The molecular formula is C29H33ClN6O2. The van der Waals surface area contributed by atoms with Gasteiger partial charge < -0.3 is 25.6 Å². The van der Waals surface area contributed by atoms with Crippen LogP contribution in [-0.2, 0) is 17.9 Å². The monoisotopic (exact) mass is 532 g/mol. The quantitative estimate of drug-likeness (QED) is 0.167. The number of halogens is 1. The number of nitrogen functional groups attached to an aromatic ring is 1. The van der Waals surface area contributed by atoms with Crippen molar-refractivity contribution in [3.05, 3.63) is 108 Å². The summed E-state index contributed by atoms with van der Waals surface area (Å²) in [7, 11) is 0.